The van der Waals surface area contributed by atoms with Gasteiger partial charge >= 0.3 is 6.18 Å². The summed E-state index contributed by atoms with van der Waals surface area (Å²) in [5.74, 6) is -0.514. The predicted octanol–water partition coefficient (Wildman–Crippen LogP) is 4.92. The van der Waals surface area contributed by atoms with Crippen LogP contribution in [0.25, 0.3) is 10.9 Å². The maximum absolute atomic E-state index is 12.6. The first kappa shape index (κ1) is 16.4. The summed E-state index contributed by atoms with van der Waals surface area (Å²) >= 11 is 3.33. The Morgan fingerprint density at radius 1 is 1.08 bits per heavy atom. The Balaban J connectivity index is 2.09. The molecule has 0 saturated carbocycles. The summed E-state index contributed by atoms with van der Waals surface area (Å²) in [5, 5.41) is 0.577. The Hall–Kier alpha value is -2.41. The monoisotopic (exact) mass is 395 g/mol. The topological polar surface area (TPSA) is 39.1 Å². The van der Waals surface area contributed by atoms with Crippen LogP contribution in [0, 0.1) is 0 Å². The Morgan fingerprint density at radius 3 is 2.33 bits per heavy atom. The molecule has 0 aliphatic carbocycles. The summed E-state index contributed by atoms with van der Waals surface area (Å²) in [6, 6.07) is 9.06. The first-order valence-corrected chi connectivity index (χ1v) is 7.59. The van der Waals surface area contributed by atoms with Crippen LogP contribution in [0.15, 0.2) is 53.1 Å². The largest absolute Gasteiger partial charge is 0.416 e. The predicted molar refractivity (Wildman–Crippen MR) is 86.2 cm³/mol. The van der Waals surface area contributed by atoms with E-state index in [2.05, 4.69) is 15.9 Å². The van der Waals surface area contributed by atoms with Crippen molar-refractivity contribution in [2.24, 2.45) is 0 Å². The summed E-state index contributed by atoms with van der Waals surface area (Å²) in [4.78, 5) is 23.8. The zero-order valence-corrected chi connectivity index (χ0v) is 13.6. The van der Waals surface area contributed by atoms with Crippen LogP contribution in [0.5, 0.6) is 0 Å². The van der Waals surface area contributed by atoms with E-state index in [9.17, 15) is 22.8 Å². The normalized spacial score (nSPS) is 11.7. The van der Waals surface area contributed by atoms with Crippen molar-refractivity contribution in [3.8, 4) is 0 Å². The van der Waals surface area contributed by atoms with Gasteiger partial charge in [0.2, 0.25) is 0 Å². The van der Waals surface area contributed by atoms with Crippen LogP contribution in [0.2, 0.25) is 0 Å². The molecule has 7 heteroatoms. The van der Waals surface area contributed by atoms with E-state index >= 15 is 0 Å². The van der Waals surface area contributed by atoms with Gasteiger partial charge in [-0.25, -0.2) is 0 Å². The molecule has 0 fully saturated rings. The number of fused-ring (bicyclic) bond motifs is 1. The Kier molecular flexibility index (Phi) is 4.04. The molecular weight excluding hydrogens is 387 g/mol. The van der Waals surface area contributed by atoms with Gasteiger partial charge in [0.15, 0.2) is 6.29 Å². The van der Waals surface area contributed by atoms with Gasteiger partial charge in [0.25, 0.3) is 5.91 Å². The quantitative estimate of drug-likeness (QED) is 0.577. The maximum atomic E-state index is 12.6. The summed E-state index contributed by atoms with van der Waals surface area (Å²) < 4.78 is 39.7. The van der Waals surface area contributed by atoms with Gasteiger partial charge in [-0.15, -0.1) is 0 Å². The SMILES string of the molecule is O=Cc1cn(C(=O)c2ccc(C(F)(F)F)cc2)c2cccc(Br)c12. The van der Waals surface area contributed by atoms with Gasteiger partial charge in [0.1, 0.15) is 0 Å². The van der Waals surface area contributed by atoms with Crippen molar-refractivity contribution in [2.45, 2.75) is 6.18 Å². The Morgan fingerprint density at radius 2 is 1.75 bits per heavy atom. The van der Waals surface area contributed by atoms with Crippen molar-refractivity contribution in [2.75, 3.05) is 0 Å². The maximum Gasteiger partial charge on any atom is 0.416 e. The highest BCUT2D eigenvalue weighted by Crippen LogP contribution is 2.31. The van der Waals surface area contributed by atoms with Crippen molar-refractivity contribution in [3.63, 3.8) is 0 Å². The van der Waals surface area contributed by atoms with Crippen LogP contribution < -0.4 is 0 Å². The van der Waals surface area contributed by atoms with Crippen LogP contribution in [-0.2, 0) is 6.18 Å². The van der Waals surface area contributed by atoms with Crippen LogP contribution in [0.1, 0.15) is 26.3 Å². The van der Waals surface area contributed by atoms with Crippen molar-refractivity contribution in [1.29, 1.82) is 0 Å². The zero-order chi connectivity index (χ0) is 17.5. The summed E-state index contributed by atoms with van der Waals surface area (Å²) in [6.07, 6.45) is -2.46. The fourth-order valence-corrected chi connectivity index (χ4v) is 3.06. The standard InChI is InChI=1S/C17H9BrF3NO2/c18-13-2-1-3-14-15(13)11(9-23)8-22(14)16(24)10-4-6-12(7-5-10)17(19,20)21/h1-9H. The number of carbonyl (C=O) groups is 2. The van der Waals surface area contributed by atoms with E-state index in [1.165, 1.54) is 10.8 Å². The lowest BCUT2D eigenvalue weighted by Crippen LogP contribution is -2.12. The molecule has 1 heterocycles. The molecule has 0 aliphatic rings. The third-order valence-electron chi connectivity index (χ3n) is 3.61. The Bertz CT molecular complexity index is 943. The molecule has 0 spiro atoms. The van der Waals surface area contributed by atoms with Crippen molar-refractivity contribution < 1.29 is 22.8 Å². The summed E-state index contributed by atoms with van der Waals surface area (Å²) in [5.41, 5.74) is 0.0826. The van der Waals surface area contributed by atoms with Crippen molar-refractivity contribution in [3.05, 3.63) is 69.8 Å². The molecule has 3 nitrogen and oxygen atoms in total. The number of alkyl halides is 3. The van der Waals surface area contributed by atoms with Crippen molar-refractivity contribution in [1.82, 2.24) is 4.57 Å². The molecule has 3 aromatic rings. The minimum Gasteiger partial charge on any atom is -0.298 e. The van der Waals surface area contributed by atoms with E-state index in [1.54, 1.807) is 18.2 Å². The van der Waals surface area contributed by atoms with E-state index in [-0.39, 0.29) is 5.56 Å². The molecule has 0 radical (unpaired) electrons. The van der Waals surface area contributed by atoms with Crippen molar-refractivity contribution >= 4 is 39.0 Å². The lowest BCUT2D eigenvalue weighted by molar-refractivity contribution is -0.137. The molecule has 0 aliphatic heterocycles. The fourth-order valence-electron chi connectivity index (χ4n) is 2.47. The highest BCUT2D eigenvalue weighted by Gasteiger charge is 2.30. The second-order valence-corrected chi connectivity index (χ2v) is 5.94. The molecular formula is C17H9BrF3NO2. The highest BCUT2D eigenvalue weighted by molar-refractivity contribution is 9.10. The number of hydrogen-bond acceptors (Lipinski definition) is 2. The van der Waals surface area contributed by atoms with E-state index in [0.717, 1.165) is 24.3 Å². The van der Waals surface area contributed by atoms with Gasteiger partial charge in [-0.2, -0.15) is 13.2 Å². The first-order chi connectivity index (χ1) is 11.3. The molecule has 0 saturated heterocycles. The average Bonchev–Trinajstić information content (AvgIpc) is 2.93. The lowest BCUT2D eigenvalue weighted by atomic mass is 10.1. The summed E-state index contributed by atoms with van der Waals surface area (Å²) in [7, 11) is 0. The van der Waals surface area contributed by atoms with Crippen LogP contribution in [-0.4, -0.2) is 16.8 Å². The lowest BCUT2D eigenvalue weighted by Gasteiger charge is -2.08. The number of carbonyl (C=O) groups excluding carboxylic acids is 2. The second-order valence-electron chi connectivity index (χ2n) is 5.09. The second kappa shape index (κ2) is 5.90. The molecule has 0 amide bonds. The van der Waals surface area contributed by atoms with Crippen LogP contribution in [0.4, 0.5) is 13.2 Å². The molecule has 1 aromatic heterocycles. The number of benzene rings is 2. The smallest absolute Gasteiger partial charge is 0.298 e. The summed E-state index contributed by atoms with van der Waals surface area (Å²) in [6.45, 7) is 0. The van der Waals surface area contributed by atoms with Gasteiger partial charge in [0, 0.05) is 27.2 Å². The number of nitrogens with zero attached hydrogens (tertiary/aromatic N) is 1. The molecule has 0 atom stereocenters. The third-order valence-corrected chi connectivity index (χ3v) is 4.27. The van der Waals surface area contributed by atoms with Gasteiger partial charge in [-0.05, 0) is 36.4 Å². The molecule has 0 bridgehead atoms. The molecule has 122 valence electrons. The molecule has 0 N–H and O–H groups in total. The van der Waals surface area contributed by atoms with Gasteiger partial charge < -0.3 is 0 Å². The van der Waals surface area contributed by atoms with E-state index in [4.69, 9.17) is 0 Å². The van der Waals surface area contributed by atoms with E-state index in [1.807, 2.05) is 0 Å². The number of halogens is 4. The zero-order valence-electron chi connectivity index (χ0n) is 12.0. The van der Waals surface area contributed by atoms with Gasteiger partial charge in [-0.1, -0.05) is 22.0 Å². The third kappa shape index (κ3) is 2.75. The number of rotatable bonds is 2. The number of aromatic nitrogens is 1. The number of hydrogen-bond donors (Lipinski definition) is 0. The number of aldehydes is 1. The van der Waals surface area contributed by atoms with E-state index in [0.29, 0.717) is 27.2 Å². The van der Waals surface area contributed by atoms with Crippen LogP contribution >= 0.6 is 15.9 Å². The molecule has 0 unspecified atom stereocenters. The minimum atomic E-state index is -4.46. The molecule has 3 rings (SSSR count). The van der Waals surface area contributed by atoms with Gasteiger partial charge in [0.05, 0.1) is 11.1 Å². The van der Waals surface area contributed by atoms with Gasteiger partial charge in [-0.3, -0.25) is 14.2 Å². The first-order valence-electron chi connectivity index (χ1n) is 6.79. The fraction of sp³-hybridized carbons (Fsp3) is 0.0588. The molecule has 2 aromatic carbocycles. The highest BCUT2D eigenvalue weighted by atomic mass is 79.9. The van der Waals surface area contributed by atoms with E-state index < -0.39 is 17.6 Å². The minimum absolute atomic E-state index is 0.0947. The Labute approximate surface area is 142 Å². The average molecular weight is 396 g/mol. The molecule has 24 heavy (non-hydrogen) atoms. The van der Waals surface area contributed by atoms with Crippen LogP contribution in [0.3, 0.4) is 0 Å².